The molecule has 1 heterocycles. The Kier molecular flexibility index (Phi) is 4.01. The van der Waals surface area contributed by atoms with Crippen molar-refractivity contribution in [3.05, 3.63) is 46.8 Å². The number of aryl methyl sites for hydroxylation is 2. The average Bonchev–Trinajstić information content (AvgIpc) is 2.40. The minimum atomic E-state index is -0.965. The molecule has 20 heavy (non-hydrogen) atoms. The van der Waals surface area contributed by atoms with Gasteiger partial charge in [-0.05, 0) is 49.4 Å². The molecule has 2 rings (SSSR count). The van der Waals surface area contributed by atoms with Crippen LogP contribution in [0.5, 0.6) is 0 Å². The van der Waals surface area contributed by atoms with Gasteiger partial charge in [-0.15, -0.1) is 0 Å². The molecule has 0 amide bonds. The maximum absolute atomic E-state index is 11.1. The summed E-state index contributed by atoms with van der Waals surface area (Å²) in [7, 11) is 0. The van der Waals surface area contributed by atoms with Crippen LogP contribution in [-0.2, 0) is 0 Å². The molecule has 0 saturated heterocycles. The van der Waals surface area contributed by atoms with Gasteiger partial charge in [-0.3, -0.25) is 0 Å². The number of carbonyl (C=O) groups is 1. The Morgan fingerprint density at radius 2 is 2.05 bits per heavy atom. The Morgan fingerprint density at radius 3 is 2.70 bits per heavy atom. The van der Waals surface area contributed by atoms with Crippen molar-refractivity contribution in [2.75, 3.05) is 0 Å². The summed E-state index contributed by atoms with van der Waals surface area (Å²) in [6.07, 6.45) is 0. The molecule has 0 bridgehead atoms. The summed E-state index contributed by atoms with van der Waals surface area (Å²) < 4.78 is 0. The fourth-order valence-corrected chi connectivity index (χ4v) is 2.50. The molecule has 100 valence electrons. The van der Waals surface area contributed by atoms with Crippen molar-refractivity contribution in [1.82, 2.24) is 9.97 Å². The van der Waals surface area contributed by atoms with Crippen molar-refractivity contribution >= 4 is 17.7 Å². The Hall–Kier alpha value is -2.39. The fourth-order valence-electron chi connectivity index (χ4n) is 1.64. The van der Waals surface area contributed by atoms with Crippen molar-refractivity contribution in [3.63, 3.8) is 0 Å². The Bertz CT molecular complexity index is 723. The fraction of sp³-hybridized carbons (Fsp3) is 0.143. The molecule has 0 radical (unpaired) electrons. The summed E-state index contributed by atoms with van der Waals surface area (Å²) >= 11 is 1.23. The van der Waals surface area contributed by atoms with Gasteiger partial charge in [-0.2, -0.15) is 5.26 Å². The summed E-state index contributed by atoms with van der Waals surface area (Å²) in [5.41, 5.74) is 1.95. The number of carboxylic acid groups (broad SMARTS) is 1. The molecule has 0 aliphatic rings. The molecule has 0 spiro atoms. The van der Waals surface area contributed by atoms with Gasteiger partial charge in [0.05, 0.1) is 5.56 Å². The van der Waals surface area contributed by atoms with Gasteiger partial charge in [-0.25, -0.2) is 14.8 Å². The molecular formula is C14H11N3O2S. The van der Waals surface area contributed by atoms with Gasteiger partial charge in [0, 0.05) is 10.6 Å². The van der Waals surface area contributed by atoms with Gasteiger partial charge in [-0.1, -0.05) is 6.07 Å². The van der Waals surface area contributed by atoms with Gasteiger partial charge in [0.2, 0.25) is 0 Å². The lowest BCUT2D eigenvalue weighted by Crippen LogP contribution is -2.00. The first-order valence-electron chi connectivity index (χ1n) is 5.77. The molecular weight excluding hydrogens is 274 g/mol. The van der Waals surface area contributed by atoms with E-state index in [4.69, 9.17) is 10.4 Å². The van der Waals surface area contributed by atoms with Gasteiger partial charge in [0.1, 0.15) is 11.8 Å². The number of nitriles is 1. The van der Waals surface area contributed by atoms with Crippen molar-refractivity contribution in [3.8, 4) is 6.07 Å². The second kappa shape index (κ2) is 5.72. The van der Waals surface area contributed by atoms with Crippen LogP contribution in [0.15, 0.2) is 34.3 Å². The van der Waals surface area contributed by atoms with Gasteiger partial charge < -0.3 is 5.11 Å². The van der Waals surface area contributed by atoms with Crippen LogP contribution in [0.4, 0.5) is 0 Å². The number of hydrogen-bond acceptors (Lipinski definition) is 5. The zero-order chi connectivity index (χ0) is 14.7. The van der Waals surface area contributed by atoms with Crippen molar-refractivity contribution in [2.24, 2.45) is 0 Å². The zero-order valence-corrected chi connectivity index (χ0v) is 11.7. The van der Waals surface area contributed by atoms with E-state index in [9.17, 15) is 4.79 Å². The standard InChI is InChI=1S/C14H11N3O2S/c1-8-3-4-11(6-12(8)13(18)19)20-14-16-9(2)5-10(7-15)17-14/h3-6H,1-2H3,(H,18,19). The molecule has 0 saturated carbocycles. The van der Waals surface area contributed by atoms with Gasteiger partial charge in [0.25, 0.3) is 0 Å². The zero-order valence-electron chi connectivity index (χ0n) is 10.9. The number of nitrogens with zero attached hydrogens (tertiary/aromatic N) is 3. The van der Waals surface area contributed by atoms with E-state index in [0.717, 1.165) is 4.90 Å². The second-order valence-electron chi connectivity index (χ2n) is 4.17. The van der Waals surface area contributed by atoms with E-state index in [1.165, 1.54) is 11.8 Å². The predicted octanol–water partition coefficient (Wildman–Crippen LogP) is 2.81. The quantitative estimate of drug-likeness (QED) is 0.872. The topological polar surface area (TPSA) is 86.9 Å². The molecule has 0 aliphatic carbocycles. The summed E-state index contributed by atoms with van der Waals surface area (Å²) in [4.78, 5) is 20.1. The minimum absolute atomic E-state index is 0.253. The molecule has 6 heteroatoms. The smallest absolute Gasteiger partial charge is 0.335 e. The van der Waals surface area contributed by atoms with E-state index < -0.39 is 5.97 Å². The first-order valence-corrected chi connectivity index (χ1v) is 6.59. The third kappa shape index (κ3) is 3.13. The van der Waals surface area contributed by atoms with E-state index in [1.807, 2.05) is 12.1 Å². The molecule has 1 aromatic heterocycles. The van der Waals surface area contributed by atoms with E-state index in [-0.39, 0.29) is 5.56 Å². The molecule has 1 aromatic carbocycles. The molecule has 1 N–H and O–H groups in total. The highest BCUT2D eigenvalue weighted by Crippen LogP contribution is 2.27. The predicted molar refractivity (Wildman–Crippen MR) is 73.7 cm³/mol. The number of benzene rings is 1. The normalized spacial score (nSPS) is 10.1. The van der Waals surface area contributed by atoms with Crippen molar-refractivity contribution in [1.29, 1.82) is 5.26 Å². The van der Waals surface area contributed by atoms with Crippen LogP contribution in [-0.4, -0.2) is 21.0 Å². The van der Waals surface area contributed by atoms with Crippen molar-refractivity contribution < 1.29 is 9.90 Å². The highest BCUT2D eigenvalue weighted by molar-refractivity contribution is 7.99. The monoisotopic (exact) mass is 285 g/mol. The number of rotatable bonds is 3. The number of aromatic nitrogens is 2. The average molecular weight is 285 g/mol. The summed E-state index contributed by atoms with van der Waals surface area (Å²) in [5.74, 6) is -0.965. The lowest BCUT2D eigenvalue weighted by Gasteiger charge is -2.05. The summed E-state index contributed by atoms with van der Waals surface area (Å²) in [5, 5.41) is 18.4. The molecule has 0 unspecified atom stereocenters. The molecule has 2 aromatic rings. The largest absolute Gasteiger partial charge is 0.478 e. The van der Waals surface area contributed by atoms with Crippen molar-refractivity contribution in [2.45, 2.75) is 23.9 Å². The Labute approximate surface area is 120 Å². The SMILES string of the molecule is Cc1cc(C#N)nc(Sc2ccc(C)c(C(=O)O)c2)n1. The maximum atomic E-state index is 11.1. The number of carboxylic acids is 1. The molecule has 0 atom stereocenters. The second-order valence-corrected chi connectivity index (χ2v) is 5.21. The van der Waals surface area contributed by atoms with Gasteiger partial charge in [0.15, 0.2) is 5.16 Å². The molecule has 0 fully saturated rings. The van der Waals surface area contributed by atoms with E-state index >= 15 is 0 Å². The van der Waals surface area contributed by atoms with E-state index in [2.05, 4.69) is 9.97 Å². The van der Waals surface area contributed by atoms with Crippen LogP contribution in [0.1, 0.15) is 27.3 Å². The number of hydrogen-bond donors (Lipinski definition) is 1. The third-order valence-corrected chi connectivity index (χ3v) is 3.45. The highest BCUT2D eigenvalue weighted by Gasteiger charge is 2.10. The first kappa shape index (κ1) is 14.0. The Morgan fingerprint density at radius 1 is 1.30 bits per heavy atom. The van der Waals surface area contributed by atoms with Gasteiger partial charge >= 0.3 is 5.97 Å². The summed E-state index contributed by atoms with van der Waals surface area (Å²) in [6.45, 7) is 3.53. The van der Waals surface area contributed by atoms with Crippen LogP contribution in [0, 0.1) is 25.2 Å². The minimum Gasteiger partial charge on any atom is -0.478 e. The van der Waals surface area contributed by atoms with Crippen LogP contribution in [0.25, 0.3) is 0 Å². The third-order valence-electron chi connectivity index (χ3n) is 2.60. The van der Waals surface area contributed by atoms with E-state index in [0.29, 0.717) is 22.1 Å². The summed E-state index contributed by atoms with van der Waals surface area (Å²) in [6, 6.07) is 8.71. The molecule has 0 aliphatic heterocycles. The highest BCUT2D eigenvalue weighted by atomic mass is 32.2. The lowest BCUT2D eigenvalue weighted by molar-refractivity contribution is 0.0696. The van der Waals surface area contributed by atoms with Crippen LogP contribution >= 0.6 is 11.8 Å². The van der Waals surface area contributed by atoms with Crippen LogP contribution < -0.4 is 0 Å². The van der Waals surface area contributed by atoms with Crippen LogP contribution in [0.2, 0.25) is 0 Å². The number of aromatic carboxylic acids is 1. The Balaban J connectivity index is 2.35. The van der Waals surface area contributed by atoms with Crippen LogP contribution in [0.3, 0.4) is 0 Å². The lowest BCUT2D eigenvalue weighted by atomic mass is 10.1. The molecule has 5 nitrogen and oxygen atoms in total. The van der Waals surface area contributed by atoms with E-state index in [1.54, 1.807) is 32.0 Å². The first-order chi connectivity index (χ1) is 9.49. The maximum Gasteiger partial charge on any atom is 0.335 e.